The number of nitro groups is 1. The van der Waals surface area contributed by atoms with Crippen LogP contribution < -0.4 is 0 Å². The van der Waals surface area contributed by atoms with Crippen molar-refractivity contribution in [1.82, 2.24) is 9.88 Å². The molecule has 3 aromatic rings. The predicted octanol–water partition coefficient (Wildman–Crippen LogP) is 4.18. The molecule has 1 aromatic heterocycles. The summed E-state index contributed by atoms with van der Waals surface area (Å²) in [4.78, 5) is 30.1. The summed E-state index contributed by atoms with van der Waals surface area (Å²) in [7, 11) is 0. The molecule has 25 heavy (non-hydrogen) atoms. The smallest absolute Gasteiger partial charge is 0.282 e. The van der Waals surface area contributed by atoms with E-state index in [0.29, 0.717) is 6.54 Å². The van der Waals surface area contributed by atoms with E-state index in [-0.39, 0.29) is 23.2 Å². The van der Waals surface area contributed by atoms with Gasteiger partial charge in [0.05, 0.1) is 21.2 Å². The van der Waals surface area contributed by atoms with Gasteiger partial charge < -0.3 is 4.90 Å². The van der Waals surface area contributed by atoms with Gasteiger partial charge >= 0.3 is 0 Å². The first-order valence-electron chi connectivity index (χ1n) is 8.05. The number of thiazole rings is 1. The van der Waals surface area contributed by atoms with Crippen LogP contribution in [0.4, 0.5) is 5.69 Å². The third-order valence-corrected chi connectivity index (χ3v) is 5.58. The Morgan fingerprint density at radius 1 is 1.20 bits per heavy atom. The van der Waals surface area contributed by atoms with Crippen LogP contribution in [0.2, 0.25) is 0 Å². The van der Waals surface area contributed by atoms with Crippen molar-refractivity contribution in [1.29, 1.82) is 0 Å². The zero-order valence-corrected chi connectivity index (χ0v) is 14.1. The molecule has 1 fully saturated rings. The van der Waals surface area contributed by atoms with Crippen molar-refractivity contribution < 1.29 is 9.72 Å². The molecule has 1 aliphatic heterocycles. The number of nitro benzene ring substituents is 1. The summed E-state index contributed by atoms with van der Waals surface area (Å²) < 4.78 is 1.09. The maximum absolute atomic E-state index is 13.0. The molecule has 0 saturated carbocycles. The molecular weight excluding hydrogens is 338 g/mol. The second-order valence-corrected chi connectivity index (χ2v) is 7.01. The molecule has 1 atom stereocenters. The van der Waals surface area contributed by atoms with Gasteiger partial charge in [0.1, 0.15) is 10.6 Å². The summed E-state index contributed by atoms with van der Waals surface area (Å²) in [5.41, 5.74) is 0.912. The zero-order chi connectivity index (χ0) is 17.4. The Kier molecular flexibility index (Phi) is 3.93. The van der Waals surface area contributed by atoms with E-state index in [9.17, 15) is 14.9 Å². The fraction of sp³-hybridized carbons (Fsp3) is 0.222. The molecule has 4 rings (SSSR count). The van der Waals surface area contributed by atoms with Gasteiger partial charge in [0.25, 0.3) is 11.6 Å². The van der Waals surface area contributed by atoms with Crippen LogP contribution in [-0.2, 0) is 0 Å². The van der Waals surface area contributed by atoms with E-state index >= 15 is 0 Å². The lowest BCUT2D eigenvalue weighted by Crippen LogP contribution is -2.31. The Hall–Kier alpha value is -2.80. The van der Waals surface area contributed by atoms with Crippen LogP contribution in [0.15, 0.2) is 48.5 Å². The van der Waals surface area contributed by atoms with Crippen molar-refractivity contribution in [3.05, 3.63) is 69.2 Å². The molecule has 1 saturated heterocycles. The minimum atomic E-state index is -0.504. The zero-order valence-electron chi connectivity index (χ0n) is 13.3. The highest BCUT2D eigenvalue weighted by Gasteiger charge is 2.35. The van der Waals surface area contributed by atoms with Crippen LogP contribution in [0.25, 0.3) is 10.2 Å². The molecule has 0 bridgehead atoms. The molecule has 0 aliphatic carbocycles. The maximum Gasteiger partial charge on any atom is 0.282 e. The number of fused-ring (bicyclic) bond motifs is 1. The lowest BCUT2D eigenvalue weighted by molar-refractivity contribution is -0.385. The van der Waals surface area contributed by atoms with Gasteiger partial charge in [-0.3, -0.25) is 14.9 Å². The van der Waals surface area contributed by atoms with E-state index in [1.165, 1.54) is 12.1 Å². The predicted molar refractivity (Wildman–Crippen MR) is 95.7 cm³/mol. The Morgan fingerprint density at radius 2 is 1.96 bits per heavy atom. The summed E-state index contributed by atoms with van der Waals surface area (Å²) in [6, 6.07) is 13.9. The normalized spacial score (nSPS) is 17.1. The van der Waals surface area contributed by atoms with Crippen molar-refractivity contribution in [2.24, 2.45) is 0 Å². The average Bonchev–Trinajstić information content (AvgIpc) is 3.27. The van der Waals surface area contributed by atoms with Crippen LogP contribution in [0.1, 0.15) is 34.2 Å². The van der Waals surface area contributed by atoms with Crippen molar-refractivity contribution in [2.75, 3.05) is 6.54 Å². The third-order valence-electron chi connectivity index (χ3n) is 4.44. The van der Waals surface area contributed by atoms with Crippen LogP contribution in [0, 0.1) is 10.1 Å². The number of carbonyl (C=O) groups excluding carboxylic acids is 1. The van der Waals surface area contributed by atoms with Gasteiger partial charge in [-0.15, -0.1) is 11.3 Å². The van der Waals surface area contributed by atoms with E-state index in [4.69, 9.17) is 0 Å². The Labute approximate surface area is 147 Å². The number of hydrogen-bond donors (Lipinski definition) is 0. The monoisotopic (exact) mass is 353 g/mol. The molecule has 6 nitrogen and oxygen atoms in total. The molecule has 1 amide bonds. The first kappa shape index (κ1) is 15.7. The fourth-order valence-corrected chi connectivity index (χ4v) is 4.38. The lowest BCUT2D eigenvalue weighted by atomic mass is 10.1. The minimum absolute atomic E-state index is 0.121. The fourth-order valence-electron chi connectivity index (χ4n) is 3.27. The SMILES string of the molecule is O=C(c1ccccc1[N+](=O)[O-])N1CCCC1c1nc2ccccc2s1. The number of hydrogen-bond acceptors (Lipinski definition) is 5. The maximum atomic E-state index is 13.0. The van der Waals surface area contributed by atoms with E-state index in [1.54, 1.807) is 28.4 Å². The topological polar surface area (TPSA) is 76.3 Å². The Balaban J connectivity index is 1.70. The standard InChI is InChI=1S/C18H15N3O3S/c22-18(12-6-1-3-8-14(12)21(23)24)20-11-5-9-15(20)17-19-13-7-2-4-10-16(13)25-17/h1-4,6-8,10,15H,5,9,11H2. The van der Waals surface area contributed by atoms with Gasteiger partial charge in [-0.2, -0.15) is 0 Å². The highest BCUT2D eigenvalue weighted by molar-refractivity contribution is 7.18. The second kappa shape index (κ2) is 6.25. The minimum Gasteiger partial charge on any atom is -0.329 e. The summed E-state index contributed by atoms with van der Waals surface area (Å²) in [6.07, 6.45) is 1.69. The molecule has 0 spiro atoms. The molecule has 7 heteroatoms. The molecule has 1 unspecified atom stereocenters. The number of carbonyl (C=O) groups is 1. The van der Waals surface area contributed by atoms with Gasteiger partial charge in [0.15, 0.2) is 0 Å². The molecule has 126 valence electrons. The van der Waals surface area contributed by atoms with Crippen LogP contribution >= 0.6 is 11.3 Å². The number of likely N-dealkylation sites (tertiary alicyclic amines) is 1. The van der Waals surface area contributed by atoms with Gasteiger partial charge in [-0.25, -0.2) is 4.98 Å². The van der Waals surface area contributed by atoms with Crippen molar-refractivity contribution in [2.45, 2.75) is 18.9 Å². The van der Waals surface area contributed by atoms with Gasteiger partial charge in [-0.05, 0) is 31.0 Å². The highest BCUT2D eigenvalue weighted by Crippen LogP contribution is 2.37. The average molecular weight is 353 g/mol. The molecule has 0 radical (unpaired) electrons. The third kappa shape index (κ3) is 2.76. The van der Waals surface area contributed by atoms with Crippen molar-refractivity contribution >= 4 is 33.1 Å². The number of amides is 1. The quantitative estimate of drug-likeness (QED) is 0.523. The summed E-state index contributed by atoms with van der Waals surface area (Å²) in [6.45, 7) is 0.589. The van der Waals surface area contributed by atoms with E-state index < -0.39 is 4.92 Å². The van der Waals surface area contributed by atoms with Crippen molar-refractivity contribution in [3.8, 4) is 0 Å². The van der Waals surface area contributed by atoms with Crippen LogP contribution in [-0.4, -0.2) is 27.3 Å². The molecule has 2 heterocycles. The molecule has 0 N–H and O–H groups in total. The largest absolute Gasteiger partial charge is 0.329 e. The van der Waals surface area contributed by atoms with Gasteiger partial charge in [0.2, 0.25) is 0 Å². The Bertz CT molecular complexity index is 936. The second-order valence-electron chi connectivity index (χ2n) is 5.95. The van der Waals surface area contributed by atoms with Crippen molar-refractivity contribution in [3.63, 3.8) is 0 Å². The van der Waals surface area contributed by atoms with E-state index in [1.807, 2.05) is 24.3 Å². The molecule has 2 aromatic carbocycles. The number of benzene rings is 2. The van der Waals surface area contributed by atoms with E-state index in [0.717, 1.165) is 28.1 Å². The lowest BCUT2D eigenvalue weighted by Gasteiger charge is -2.23. The number of aromatic nitrogens is 1. The molecular formula is C18H15N3O3S. The summed E-state index contributed by atoms with van der Waals surface area (Å²) in [5.74, 6) is -0.297. The number of rotatable bonds is 3. The van der Waals surface area contributed by atoms with E-state index in [2.05, 4.69) is 4.98 Å². The first-order chi connectivity index (χ1) is 12.1. The highest BCUT2D eigenvalue weighted by atomic mass is 32.1. The first-order valence-corrected chi connectivity index (χ1v) is 8.86. The number of nitrogens with zero attached hydrogens (tertiary/aromatic N) is 3. The molecule has 1 aliphatic rings. The van der Waals surface area contributed by atoms with Crippen LogP contribution in [0.5, 0.6) is 0 Å². The summed E-state index contributed by atoms with van der Waals surface area (Å²) in [5, 5.41) is 12.1. The van der Waals surface area contributed by atoms with Crippen LogP contribution in [0.3, 0.4) is 0 Å². The number of para-hydroxylation sites is 2. The Morgan fingerprint density at radius 3 is 2.76 bits per heavy atom. The van der Waals surface area contributed by atoms with Gasteiger partial charge in [-0.1, -0.05) is 24.3 Å². The summed E-state index contributed by atoms with van der Waals surface area (Å²) >= 11 is 1.58. The van der Waals surface area contributed by atoms with Gasteiger partial charge in [0, 0.05) is 12.6 Å².